The maximum atomic E-state index is 10.4. The van der Waals surface area contributed by atoms with Gasteiger partial charge in [-0.1, -0.05) is 36.9 Å². The lowest BCUT2D eigenvalue weighted by molar-refractivity contribution is 0.169. The minimum absolute atomic E-state index is 0.273. The number of hydrogen-bond acceptors (Lipinski definition) is 3. The summed E-state index contributed by atoms with van der Waals surface area (Å²) in [5.74, 6) is 0.715. The predicted octanol–water partition coefficient (Wildman–Crippen LogP) is 2.68. The minimum Gasteiger partial charge on any atom is -0.453 e. The molecule has 0 aliphatic rings. The molecule has 0 heterocycles. The molecule has 0 spiro atoms. The maximum absolute atomic E-state index is 10.4. The Morgan fingerprint density at radius 2 is 1.77 bits per heavy atom. The van der Waals surface area contributed by atoms with Crippen molar-refractivity contribution >= 4 is 30.6 Å². The van der Waals surface area contributed by atoms with Gasteiger partial charge in [-0.05, 0) is 11.1 Å². The van der Waals surface area contributed by atoms with Gasteiger partial charge >= 0.3 is 5.30 Å². The summed E-state index contributed by atoms with van der Waals surface area (Å²) >= 11 is 7.63. The number of carbonyl (C=O) groups is 1. The molecule has 1 rings (SSSR count). The van der Waals surface area contributed by atoms with Crippen LogP contribution in [0.2, 0.25) is 0 Å². The van der Waals surface area contributed by atoms with Gasteiger partial charge in [0.25, 0.3) is 0 Å². The van der Waals surface area contributed by atoms with E-state index in [1.807, 2.05) is 24.3 Å². The largest absolute Gasteiger partial charge is 0.453 e. The summed E-state index contributed by atoms with van der Waals surface area (Å²) in [5.41, 5.74) is 2.09. The first kappa shape index (κ1) is 10.5. The highest BCUT2D eigenvalue weighted by molar-refractivity contribution is 7.96. The first-order chi connectivity index (χ1) is 6.22. The van der Waals surface area contributed by atoms with E-state index in [2.05, 4.69) is 25.3 Å². The molecule has 0 aliphatic carbocycles. The molecule has 1 aromatic rings. The first-order valence-corrected chi connectivity index (χ1v) is 4.84. The smallest absolute Gasteiger partial charge is 0.364 e. The zero-order chi connectivity index (χ0) is 9.68. The van der Waals surface area contributed by atoms with Crippen LogP contribution in [0.15, 0.2) is 24.3 Å². The molecule has 2 nitrogen and oxygen atoms in total. The summed E-state index contributed by atoms with van der Waals surface area (Å²) < 4.78 is 4.71. The quantitative estimate of drug-likeness (QED) is 0.597. The molecule has 0 aliphatic heterocycles. The number of thiol groups is 2. The van der Waals surface area contributed by atoms with E-state index in [1.165, 1.54) is 0 Å². The summed E-state index contributed by atoms with van der Waals surface area (Å²) in [6, 6.07) is 7.72. The fraction of sp³-hybridized carbons (Fsp3) is 0.222. The van der Waals surface area contributed by atoms with E-state index in [1.54, 1.807) is 0 Å². The number of hydrogen-bond donors (Lipinski definition) is 2. The van der Waals surface area contributed by atoms with E-state index in [4.69, 9.17) is 4.74 Å². The van der Waals surface area contributed by atoms with Crippen LogP contribution in [0.4, 0.5) is 4.79 Å². The van der Waals surface area contributed by atoms with Gasteiger partial charge in [0.05, 0.1) is 0 Å². The van der Waals surface area contributed by atoms with Crippen LogP contribution in [0.3, 0.4) is 0 Å². The monoisotopic (exact) mass is 214 g/mol. The zero-order valence-electron chi connectivity index (χ0n) is 6.93. The third kappa shape index (κ3) is 3.74. The summed E-state index contributed by atoms with van der Waals surface area (Å²) in [4.78, 5) is 10.4. The fourth-order valence-electron chi connectivity index (χ4n) is 0.886. The van der Waals surface area contributed by atoms with Crippen molar-refractivity contribution in [1.29, 1.82) is 0 Å². The van der Waals surface area contributed by atoms with E-state index >= 15 is 0 Å². The van der Waals surface area contributed by atoms with Crippen LogP contribution in [0.25, 0.3) is 0 Å². The Morgan fingerprint density at radius 3 is 2.23 bits per heavy atom. The minimum atomic E-state index is -0.557. The highest BCUT2D eigenvalue weighted by atomic mass is 32.1. The van der Waals surface area contributed by atoms with Crippen LogP contribution in [0.1, 0.15) is 11.1 Å². The topological polar surface area (TPSA) is 26.3 Å². The van der Waals surface area contributed by atoms with Gasteiger partial charge in [-0.25, -0.2) is 4.79 Å². The van der Waals surface area contributed by atoms with Crippen LogP contribution in [-0.4, -0.2) is 5.30 Å². The second kappa shape index (κ2) is 5.19. The highest BCUT2D eigenvalue weighted by Gasteiger charge is 1.96. The molecular weight excluding hydrogens is 204 g/mol. The Hall–Kier alpha value is -0.610. The molecule has 13 heavy (non-hydrogen) atoms. The van der Waals surface area contributed by atoms with Gasteiger partial charge in [0.15, 0.2) is 0 Å². The van der Waals surface area contributed by atoms with Crippen LogP contribution in [0.5, 0.6) is 0 Å². The van der Waals surface area contributed by atoms with Crippen molar-refractivity contribution in [2.45, 2.75) is 12.4 Å². The lowest BCUT2D eigenvalue weighted by atomic mass is 10.2. The molecule has 0 radical (unpaired) electrons. The van der Waals surface area contributed by atoms with Gasteiger partial charge in [0, 0.05) is 5.75 Å². The maximum Gasteiger partial charge on any atom is 0.364 e. The highest BCUT2D eigenvalue weighted by Crippen LogP contribution is 2.08. The lowest BCUT2D eigenvalue weighted by Gasteiger charge is -2.02. The fourth-order valence-corrected chi connectivity index (χ4v) is 1.16. The third-order valence-corrected chi connectivity index (χ3v) is 2.06. The molecule has 0 bridgehead atoms. The Morgan fingerprint density at radius 1 is 1.23 bits per heavy atom. The standard InChI is InChI=1S/C9H10O2S2/c10-9(13)11-5-7-1-3-8(6-12)4-2-7/h1-4,12H,5-6H2,(H,10,13). The molecule has 0 saturated heterocycles. The van der Waals surface area contributed by atoms with Crippen LogP contribution < -0.4 is 0 Å². The van der Waals surface area contributed by atoms with Crippen LogP contribution in [-0.2, 0) is 17.1 Å². The van der Waals surface area contributed by atoms with Crippen LogP contribution in [0, 0.1) is 0 Å². The predicted molar refractivity (Wildman–Crippen MR) is 58.3 cm³/mol. The Bertz CT molecular complexity index is 282. The molecule has 0 atom stereocenters. The van der Waals surface area contributed by atoms with Gasteiger partial charge in [0.2, 0.25) is 0 Å². The molecule has 0 amide bonds. The van der Waals surface area contributed by atoms with Crippen LogP contribution >= 0.6 is 25.3 Å². The van der Waals surface area contributed by atoms with Crippen molar-refractivity contribution < 1.29 is 9.53 Å². The van der Waals surface area contributed by atoms with Gasteiger partial charge < -0.3 is 4.74 Å². The summed E-state index contributed by atoms with van der Waals surface area (Å²) in [7, 11) is 0. The Labute approximate surface area is 88.1 Å². The summed E-state index contributed by atoms with van der Waals surface area (Å²) in [6.07, 6.45) is 0. The van der Waals surface area contributed by atoms with Crippen molar-refractivity contribution in [3.05, 3.63) is 35.4 Å². The van der Waals surface area contributed by atoms with E-state index in [9.17, 15) is 4.79 Å². The molecule has 0 fully saturated rings. The molecule has 0 N–H and O–H groups in total. The molecule has 0 saturated carbocycles. The van der Waals surface area contributed by atoms with Crippen molar-refractivity contribution in [3.8, 4) is 0 Å². The average Bonchev–Trinajstić information content (AvgIpc) is 2.15. The Balaban J connectivity index is 2.54. The first-order valence-electron chi connectivity index (χ1n) is 3.77. The van der Waals surface area contributed by atoms with E-state index in [-0.39, 0.29) is 6.61 Å². The average molecular weight is 214 g/mol. The number of rotatable bonds is 3. The molecule has 4 heteroatoms. The van der Waals surface area contributed by atoms with Crippen molar-refractivity contribution in [1.82, 2.24) is 0 Å². The van der Waals surface area contributed by atoms with Gasteiger partial charge in [-0.2, -0.15) is 12.6 Å². The van der Waals surface area contributed by atoms with Crippen molar-refractivity contribution in [3.63, 3.8) is 0 Å². The molecule has 70 valence electrons. The molecular formula is C9H10O2S2. The Kier molecular flexibility index (Phi) is 4.18. The number of carbonyl (C=O) groups excluding carboxylic acids is 1. The zero-order valence-corrected chi connectivity index (χ0v) is 8.72. The normalized spacial score (nSPS) is 9.69. The number of ether oxygens (including phenoxy) is 1. The lowest BCUT2D eigenvalue weighted by Crippen LogP contribution is -1.94. The van der Waals surface area contributed by atoms with Crippen molar-refractivity contribution in [2.75, 3.05) is 0 Å². The SMILES string of the molecule is O=C(S)OCc1ccc(CS)cc1. The molecule has 1 aromatic carbocycles. The van der Waals surface area contributed by atoms with E-state index in [0.717, 1.165) is 11.1 Å². The van der Waals surface area contributed by atoms with E-state index in [0.29, 0.717) is 5.75 Å². The summed E-state index contributed by atoms with van der Waals surface area (Å²) in [5, 5.41) is -0.557. The second-order valence-corrected chi connectivity index (χ2v) is 3.21. The second-order valence-electron chi connectivity index (χ2n) is 2.53. The van der Waals surface area contributed by atoms with Gasteiger partial charge in [-0.3, -0.25) is 0 Å². The van der Waals surface area contributed by atoms with Gasteiger partial charge in [-0.15, -0.1) is 0 Å². The number of benzene rings is 1. The van der Waals surface area contributed by atoms with Crippen molar-refractivity contribution in [2.24, 2.45) is 0 Å². The van der Waals surface area contributed by atoms with E-state index < -0.39 is 5.30 Å². The van der Waals surface area contributed by atoms with Gasteiger partial charge in [0.1, 0.15) is 6.61 Å². The summed E-state index contributed by atoms with van der Waals surface area (Å²) in [6.45, 7) is 0.273. The third-order valence-electron chi connectivity index (χ3n) is 1.57. The molecule has 0 aromatic heterocycles. The molecule has 0 unspecified atom stereocenters.